The van der Waals surface area contributed by atoms with Crippen LogP contribution in [-0.4, -0.2) is 84.6 Å². The largest absolute Gasteiger partial charge is 0.496 e. The highest BCUT2D eigenvalue weighted by atomic mass is 35.5. The summed E-state index contributed by atoms with van der Waals surface area (Å²) in [4.78, 5) is 42.1. The van der Waals surface area contributed by atoms with Gasteiger partial charge in [0.1, 0.15) is 17.5 Å². The van der Waals surface area contributed by atoms with Crippen LogP contribution in [0.25, 0.3) is 22.3 Å². The van der Waals surface area contributed by atoms with E-state index >= 15 is 4.39 Å². The van der Waals surface area contributed by atoms with Gasteiger partial charge in [-0.05, 0) is 48.2 Å². The Morgan fingerprint density at radius 2 is 1.79 bits per heavy atom. The van der Waals surface area contributed by atoms with Gasteiger partial charge in [-0.25, -0.2) is 9.18 Å². The Morgan fingerprint density at radius 1 is 1.09 bits per heavy atom. The van der Waals surface area contributed by atoms with Crippen molar-refractivity contribution in [1.29, 1.82) is 0 Å². The first-order valence-electron chi connectivity index (χ1n) is 14.0. The second kappa shape index (κ2) is 12.3. The minimum absolute atomic E-state index is 0.0146. The second-order valence-electron chi connectivity index (χ2n) is 11.1. The van der Waals surface area contributed by atoms with Gasteiger partial charge < -0.3 is 20.1 Å². The fourth-order valence-electron chi connectivity index (χ4n) is 5.74. The van der Waals surface area contributed by atoms with Crippen molar-refractivity contribution in [3.63, 3.8) is 0 Å². The first-order chi connectivity index (χ1) is 20.5. The van der Waals surface area contributed by atoms with Crippen LogP contribution in [0.4, 0.5) is 14.9 Å². The van der Waals surface area contributed by atoms with Crippen LogP contribution in [0, 0.1) is 18.7 Å². The Hall–Kier alpha value is -3.99. The SMILES string of the molecule is COc1cc(-c2cccc(-c3cccc(NC(=O)C4CN(C)C(=O)N(C)C4=O)c3C)c2Cl)cc(F)c1CN1CC[C@@H](O)C1. The lowest BCUT2D eigenvalue weighted by Crippen LogP contribution is -2.56. The number of β-amino-alcohol motifs (C(OH)–C–C–N with tert-alkyl or cyclic N) is 1. The fourth-order valence-corrected chi connectivity index (χ4v) is 6.07. The Bertz CT molecular complexity index is 1600. The number of anilines is 1. The average Bonchev–Trinajstić information content (AvgIpc) is 3.40. The molecule has 0 radical (unpaired) electrons. The molecule has 1 unspecified atom stereocenters. The first kappa shape index (κ1) is 30.5. The van der Waals surface area contributed by atoms with Crippen LogP contribution in [-0.2, 0) is 16.1 Å². The van der Waals surface area contributed by atoms with Gasteiger partial charge in [-0.3, -0.25) is 19.4 Å². The molecule has 2 aliphatic rings. The number of urea groups is 1. The van der Waals surface area contributed by atoms with Crippen LogP contribution >= 0.6 is 11.6 Å². The van der Waals surface area contributed by atoms with Crippen LogP contribution in [0.5, 0.6) is 5.75 Å². The van der Waals surface area contributed by atoms with Crippen molar-refractivity contribution < 1.29 is 28.6 Å². The summed E-state index contributed by atoms with van der Waals surface area (Å²) < 4.78 is 21.0. The number of carbonyl (C=O) groups is 3. The number of rotatable bonds is 7. The number of imide groups is 1. The van der Waals surface area contributed by atoms with Gasteiger partial charge in [0.25, 0.3) is 0 Å². The zero-order valence-corrected chi connectivity index (χ0v) is 25.2. The summed E-state index contributed by atoms with van der Waals surface area (Å²) in [6.45, 7) is 3.32. The number of amides is 4. The summed E-state index contributed by atoms with van der Waals surface area (Å²) in [5, 5.41) is 13.1. The number of benzene rings is 3. The third kappa shape index (κ3) is 5.95. The van der Waals surface area contributed by atoms with E-state index in [0.29, 0.717) is 64.8 Å². The lowest BCUT2D eigenvalue weighted by molar-refractivity contribution is -0.140. The zero-order chi connectivity index (χ0) is 31.0. The Morgan fingerprint density at radius 3 is 2.49 bits per heavy atom. The van der Waals surface area contributed by atoms with Gasteiger partial charge in [-0.2, -0.15) is 0 Å². The van der Waals surface area contributed by atoms with Gasteiger partial charge in [0.05, 0.1) is 18.2 Å². The summed E-state index contributed by atoms with van der Waals surface area (Å²) in [6, 6.07) is 13.6. The topological polar surface area (TPSA) is 102 Å². The molecule has 2 N–H and O–H groups in total. The number of halogens is 2. The maximum atomic E-state index is 15.5. The van der Waals surface area contributed by atoms with Gasteiger partial charge in [-0.15, -0.1) is 0 Å². The van der Waals surface area contributed by atoms with Gasteiger partial charge >= 0.3 is 6.03 Å². The standard InChI is InChI=1S/C32H34ClFN4O5/c1-18-21(7-6-10-27(18)35-30(40)25-16-36(2)32(42)37(3)31(25)41)23-9-5-8-22(29(23)33)19-13-26(34)24(28(14-19)43-4)17-38-12-11-20(39)15-38/h5-10,13-14,20,25,39H,11-12,15-17H2,1-4H3,(H,35,40)/t20-,25?/m1/s1. The molecule has 2 heterocycles. The number of nitrogens with zero attached hydrogens (tertiary/aromatic N) is 3. The molecule has 2 fully saturated rings. The van der Waals surface area contributed by atoms with Crippen LogP contribution in [0.2, 0.25) is 5.02 Å². The minimum Gasteiger partial charge on any atom is -0.496 e. The van der Waals surface area contributed by atoms with E-state index in [1.54, 1.807) is 31.3 Å². The summed E-state index contributed by atoms with van der Waals surface area (Å²) in [5.74, 6) is -2.13. The molecule has 9 nitrogen and oxygen atoms in total. The van der Waals surface area contributed by atoms with Gasteiger partial charge in [0.15, 0.2) is 0 Å². The summed E-state index contributed by atoms with van der Waals surface area (Å²) >= 11 is 6.96. The molecule has 2 saturated heterocycles. The van der Waals surface area contributed by atoms with Crippen LogP contribution in [0.3, 0.4) is 0 Å². The predicted octanol–water partition coefficient (Wildman–Crippen LogP) is 4.78. The van der Waals surface area contributed by atoms with Crippen LogP contribution in [0.1, 0.15) is 17.5 Å². The smallest absolute Gasteiger partial charge is 0.326 e. The van der Waals surface area contributed by atoms with Gasteiger partial charge in [-0.1, -0.05) is 41.9 Å². The highest BCUT2D eigenvalue weighted by Gasteiger charge is 2.39. The number of aliphatic hydroxyl groups excluding tert-OH is 1. The molecule has 4 amide bonds. The number of methoxy groups -OCH3 is 1. The molecule has 0 aliphatic carbocycles. The number of hydrogen-bond donors (Lipinski definition) is 2. The molecule has 0 aromatic heterocycles. The van der Waals surface area contributed by atoms with Crippen molar-refractivity contribution in [3.05, 3.63) is 70.5 Å². The molecule has 3 aromatic rings. The molecular weight excluding hydrogens is 575 g/mol. The zero-order valence-electron chi connectivity index (χ0n) is 24.5. The average molecular weight is 609 g/mol. The maximum absolute atomic E-state index is 15.5. The molecular formula is C32H34ClFN4O5. The number of carbonyl (C=O) groups excluding carboxylic acids is 3. The van der Waals surface area contributed by atoms with E-state index in [-0.39, 0.29) is 6.54 Å². The Labute approximate surface area is 254 Å². The van der Waals surface area contributed by atoms with Crippen LogP contribution in [0.15, 0.2) is 48.5 Å². The van der Waals surface area contributed by atoms with E-state index in [1.807, 2.05) is 30.0 Å². The van der Waals surface area contributed by atoms with Crippen molar-refractivity contribution in [2.75, 3.05) is 46.2 Å². The lowest BCUT2D eigenvalue weighted by Gasteiger charge is -2.33. The highest BCUT2D eigenvalue weighted by Crippen LogP contribution is 2.41. The highest BCUT2D eigenvalue weighted by molar-refractivity contribution is 6.36. The van der Waals surface area contributed by atoms with Gasteiger partial charge in [0.2, 0.25) is 11.8 Å². The molecule has 3 aromatic carbocycles. The lowest BCUT2D eigenvalue weighted by atomic mass is 9.94. The normalized spacial score (nSPS) is 19.2. The van der Waals surface area contributed by atoms with Crippen molar-refractivity contribution in [3.8, 4) is 28.0 Å². The third-order valence-electron chi connectivity index (χ3n) is 8.21. The number of hydrogen-bond acceptors (Lipinski definition) is 6. The number of likely N-dealkylation sites (tertiary alicyclic amines) is 1. The van der Waals surface area contributed by atoms with E-state index in [9.17, 15) is 19.5 Å². The minimum atomic E-state index is -1.04. The van der Waals surface area contributed by atoms with Crippen LogP contribution < -0.4 is 10.1 Å². The third-order valence-corrected chi connectivity index (χ3v) is 8.62. The van der Waals surface area contributed by atoms with E-state index in [1.165, 1.54) is 25.1 Å². The molecule has 43 heavy (non-hydrogen) atoms. The quantitative estimate of drug-likeness (QED) is 0.375. The number of nitrogens with one attached hydrogen (secondary N) is 1. The fraction of sp³-hybridized carbons (Fsp3) is 0.344. The maximum Gasteiger partial charge on any atom is 0.326 e. The molecule has 0 bridgehead atoms. The molecule has 226 valence electrons. The van der Waals surface area contributed by atoms with E-state index in [2.05, 4.69) is 5.32 Å². The molecule has 11 heteroatoms. The second-order valence-corrected chi connectivity index (χ2v) is 11.4. The van der Waals surface area contributed by atoms with E-state index in [4.69, 9.17) is 16.3 Å². The predicted molar refractivity (Wildman–Crippen MR) is 162 cm³/mol. The molecule has 0 spiro atoms. The van der Waals surface area contributed by atoms with Gasteiger partial charge in [0, 0.05) is 62.7 Å². The Kier molecular flexibility index (Phi) is 8.73. The van der Waals surface area contributed by atoms with Crippen molar-refractivity contribution in [1.82, 2.24) is 14.7 Å². The Balaban J connectivity index is 1.44. The summed E-state index contributed by atoms with van der Waals surface area (Å²) in [5.41, 5.74) is 4.24. The number of aliphatic hydroxyl groups is 1. The van der Waals surface area contributed by atoms with Crippen molar-refractivity contribution in [2.45, 2.75) is 26.0 Å². The summed E-state index contributed by atoms with van der Waals surface area (Å²) in [7, 11) is 4.40. The molecule has 5 rings (SSSR count). The first-order valence-corrected chi connectivity index (χ1v) is 14.4. The van der Waals surface area contributed by atoms with E-state index < -0.39 is 35.7 Å². The van der Waals surface area contributed by atoms with Crippen molar-refractivity contribution in [2.24, 2.45) is 5.92 Å². The van der Waals surface area contributed by atoms with Crippen molar-refractivity contribution >= 4 is 35.1 Å². The summed E-state index contributed by atoms with van der Waals surface area (Å²) in [6.07, 6.45) is 0.248. The molecule has 2 atom stereocenters. The van der Waals surface area contributed by atoms with E-state index in [0.717, 1.165) is 16.0 Å². The number of ether oxygens (including phenoxy) is 1. The molecule has 2 aliphatic heterocycles. The molecule has 0 saturated carbocycles. The monoisotopic (exact) mass is 608 g/mol.